The van der Waals surface area contributed by atoms with Gasteiger partial charge in [-0.05, 0) is 68.0 Å². The van der Waals surface area contributed by atoms with Crippen LogP contribution in [0.1, 0.15) is 43.9 Å². The van der Waals surface area contributed by atoms with E-state index in [1.165, 1.54) is 48.1 Å². The zero-order chi connectivity index (χ0) is 21.4. The number of nitrogens with zero attached hydrogens (tertiary/aromatic N) is 4. The normalized spacial score (nSPS) is 23.1. The molecule has 6 nitrogen and oxygen atoms in total. The van der Waals surface area contributed by atoms with E-state index in [0.29, 0.717) is 5.88 Å². The standard InChI is InChI=1S/C23H33N5OS.ClH/c1-17-13-19(7-12-27-10-6-11-27)18(2)20(14-17)29-28-16-30-26-21(28)23(22(3,4)5)15-24-8-9-25-23;/h8-9,13-15,25H,6-7,10-12,16H2,1-5H3;1H. The van der Waals surface area contributed by atoms with Crippen molar-refractivity contribution in [2.45, 2.75) is 53.0 Å². The fourth-order valence-electron chi connectivity index (χ4n) is 4.11. The summed E-state index contributed by atoms with van der Waals surface area (Å²) in [5.74, 6) is 2.43. The van der Waals surface area contributed by atoms with Gasteiger partial charge in [0.25, 0.3) is 0 Å². The lowest BCUT2D eigenvalue weighted by Crippen LogP contribution is -2.65. The molecule has 1 fully saturated rings. The summed E-state index contributed by atoms with van der Waals surface area (Å²) < 4.78 is 4.77. The first-order valence-corrected chi connectivity index (χ1v) is 11.7. The summed E-state index contributed by atoms with van der Waals surface area (Å²) in [5.41, 5.74) is 3.14. The number of likely N-dealkylation sites (tertiary alicyclic amines) is 1. The molecule has 0 amide bonds. The highest BCUT2D eigenvalue weighted by molar-refractivity contribution is 7.98. The summed E-state index contributed by atoms with van der Waals surface area (Å²) in [6, 6.07) is 4.43. The Morgan fingerprint density at radius 2 is 2.00 bits per heavy atom. The van der Waals surface area contributed by atoms with E-state index < -0.39 is 5.54 Å². The molecule has 1 aromatic carbocycles. The van der Waals surface area contributed by atoms with Crippen molar-refractivity contribution in [1.82, 2.24) is 15.3 Å². The van der Waals surface area contributed by atoms with Crippen molar-refractivity contribution in [3.63, 3.8) is 0 Å². The third-order valence-electron chi connectivity index (χ3n) is 6.30. The number of amidine groups is 1. The molecule has 0 aromatic heterocycles. The third-order valence-corrected chi connectivity index (χ3v) is 6.96. The number of rotatable bonds is 6. The van der Waals surface area contributed by atoms with Gasteiger partial charge < -0.3 is 15.1 Å². The minimum absolute atomic E-state index is 0. The Bertz CT molecular complexity index is 891. The first-order chi connectivity index (χ1) is 14.3. The van der Waals surface area contributed by atoms with E-state index in [2.05, 4.69) is 62.0 Å². The van der Waals surface area contributed by atoms with Gasteiger partial charge in [0.05, 0.1) is 0 Å². The van der Waals surface area contributed by atoms with Gasteiger partial charge in [0.1, 0.15) is 11.4 Å². The number of benzene rings is 1. The van der Waals surface area contributed by atoms with E-state index in [1.807, 2.05) is 17.5 Å². The van der Waals surface area contributed by atoms with Gasteiger partial charge in [0.15, 0.2) is 11.6 Å². The number of aliphatic imine (C=N–C) groups is 1. The van der Waals surface area contributed by atoms with E-state index in [1.54, 1.807) is 6.20 Å². The molecule has 0 aliphatic carbocycles. The first kappa shape index (κ1) is 24.0. The highest BCUT2D eigenvalue weighted by Gasteiger charge is 2.50. The second kappa shape index (κ2) is 9.43. The molecular formula is C23H34ClN5OS. The zero-order valence-electron chi connectivity index (χ0n) is 19.1. The maximum atomic E-state index is 6.50. The summed E-state index contributed by atoms with van der Waals surface area (Å²) in [6.45, 7) is 14.5. The van der Waals surface area contributed by atoms with Gasteiger partial charge in [0, 0.05) is 37.1 Å². The van der Waals surface area contributed by atoms with E-state index in [9.17, 15) is 0 Å². The van der Waals surface area contributed by atoms with Crippen LogP contribution in [0.2, 0.25) is 0 Å². The number of halogens is 1. The molecule has 8 heteroatoms. The fourth-order valence-corrected chi connectivity index (χ4v) is 4.81. The molecule has 3 heterocycles. The van der Waals surface area contributed by atoms with Crippen LogP contribution in [0.3, 0.4) is 0 Å². The summed E-state index contributed by atoms with van der Waals surface area (Å²) in [4.78, 5) is 13.5. The Morgan fingerprint density at radius 1 is 1.23 bits per heavy atom. The van der Waals surface area contributed by atoms with Gasteiger partial charge in [-0.25, -0.2) is 0 Å². The zero-order valence-corrected chi connectivity index (χ0v) is 20.8. The van der Waals surface area contributed by atoms with E-state index >= 15 is 0 Å². The molecule has 1 aromatic rings. The van der Waals surface area contributed by atoms with Crippen molar-refractivity contribution >= 4 is 36.4 Å². The molecule has 1 N–H and O–H groups in total. The molecule has 0 saturated carbocycles. The Kier molecular flexibility index (Phi) is 7.28. The first-order valence-electron chi connectivity index (χ1n) is 10.8. The average Bonchev–Trinajstić information content (AvgIpc) is 3.12. The summed E-state index contributed by atoms with van der Waals surface area (Å²) in [7, 11) is 0. The highest BCUT2D eigenvalue weighted by atomic mass is 35.5. The third kappa shape index (κ3) is 4.73. The monoisotopic (exact) mass is 463 g/mol. The van der Waals surface area contributed by atoms with Crippen LogP contribution in [-0.4, -0.2) is 53.1 Å². The Balaban J connectivity index is 0.00000272. The topological polar surface area (TPSA) is 52.5 Å². The number of aryl methyl sites for hydroxylation is 1. The smallest absolute Gasteiger partial charge is 0.180 e. The molecule has 3 aliphatic heterocycles. The molecule has 0 bridgehead atoms. The summed E-state index contributed by atoms with van der Waals surface area (Å²) in [5, 5.41) is 5.44. The quantitative estimate of drug-likeness (QED) is 0.628. The van der Waals surface area contributed by atoms with Crippen LogP contribution in [0.15, 0.2) is 33.9 Å². The van der Waals surface area contributed by atoms with Gasteiger partial charge in [-0.15, -0.1) is 12.4 Å². The maximum absolute atomic E-state index is 6.50. The SMILES string of the molecule is Cc1cc(CCN2CCC2)c(C)c(ON2CSN=C2C2(C(C)(C)C)C=NC=CN2)c1.Cl. The molecule has 1 saturated heterocycles. The molecule has 31 heavy (non-hydrogen) atoms. The average molecular weight is 464 g/mol. The fraction of sp³-hybridized carbons (Fsp3) is 0.565. The van der Waals surface area contributed by atoms with Crippen molar-refractivity contribution in [1.29, 1.82) is 0 Å². The predicted molar refractivity (Wildman–Crippen MR) is 133 cm³/mol. The van der Waals surface area contributed by atoms with Crippen LogP contribution in [-0.2, 0) is 6.42 Å². The van der Waals surface area contributed by atoms with Gasteiger partial charge in [-0.1, -0.05) is 26.8 Å². The van der Waals surface area contributed by atoms with Crippen molar-refractivity contribution < 1.29 is 4.84 Å². The maximum Gasteiger partial charge on any atom is 0.180 e. The van der Waals surface area contributed by atoms with Crippen molar-refractivity contribution in [2.24, 2.45) is 14.8 Å². The van der Waals surface area contributed by atoms with Crippen LogP contribution in [0, 0.1) is 19.3 Å². The predicted octanol–water partition coefficient (Wildman–Crippen LogP) is 4.52. The molecule has 0 radical (unpaired) electrons. The lowest BCUT2D eigenvalue weighted by atomic mass is 9.73. The van der Waals surface area contributed by atoms with Crippen molar-refractivity contribution in [3.8, 4) is 5.75 Å². The van der Waals surface area contributed by atoms with Crippen molar-refractivity contribution in [3.05, 3.63) is 41.2 Å². The lowest BCUT2D eigenvalue weighted by Gasteiger charge is -2.44. The molecule has 3 aliphatic rings. The largest absolute Gasteiger partial charge is 0.377 e. The number of hydroxylamine groups is 2. The van der Waals surface area contributed by atoms with Crippen LogP contribution in [0.4, 0.5) is 0 Å². The molecule has 1 unspecified atom stereocenters. The number of hydrogen-bond acceptors (Lipinski definition) is 7. The van der Waals surface area contributed by atoms with Gasteiger partial charge in [0.2, 0.25) is 0 Å². The second-order valence-corrected chi connectivity index (χ2v) is 10.1. The Hall–Kier alpha value is -1.70. The molecular weight excluding hydrogens is 430 g/mol. The minimum Gasteiger partial charge on any atom is -0.377 e. The summed E-state index contributed by atoms with van der Waals surface area (Å²) >= 11 is 1.51. The Labute approximate surface area is 196 Å². The van der Waals surface area contributed by atoms with Gasteiger partial charge in [-0.3, -0.25) is 4.99 Å². The molecule has 0 spiro atoms. The number of nitrogens with one attached hydrogen (secondary N) is 1. The van der Waals surface area contributed by atoms with Crippen LogP contribution >= 0.6 is 24.4 Å². The second-order valence-electron chi connectivity index (χ2n) is 9.43. The van der Waals surface area contributed by atoms with Crippen LogP contribution in [0.25, 0.3) is 0 Å². The number of hydrogen-bond donors (Lipinski definition) is 1. The Morgan fingerprint density at radius 3 is 2.61 bits per heavy atom. The lowest BCUT2D eigenvalue weighted by molar-refractivity contribution is 0.0311. The van der Waals surface area contributed by atoms with Crippen molar-refractivity contribution in [2.75, 3.05) is 25.5 Å². The van der Waals surface area contributed by atoms with Gasteiger partial charge >= 0.3 is 0 Å². The minimum atomic E-state index is -0.524. The van der Waals surface area contributed by atoms with E-state index in [0.717, 1.165) is 24.6 Å². The van der Waals surface area contributed by atoms with Crippen LogP contribution < -0.4 is 10.2 Å². The molecule has 4 rings (SSSR count). The highest BCUT2D eigenvalue weighted by Crippen LogP contribution is 2.37. The van der Waals surface area contributed by atoms with E-state index in [-0.39, 0.29) is 17.8 Å². The summed E-state index contributed by atoms with van der Waals surface area (Å²) in [6.07, 6.45) is 8.01. The van der Waals surface area contributed by atoms with E-state index in [4.69, 9.17) is 9.24 Å². The molecule has 170 valence electrons. The van der Waals surface area contributed by atoms with Crippen LogP contribution in [0.5, 0.6) is 5.75 Å². The van der Waals surface area contributed by atoms with Gasteiger partial charge in [-0.2, -0.15) is 9.46 Å². The molecule has 1 atom stereocenters.